The van der Waals surface area contributed by atoms with E-state index < -0.39 is 0 Å². The van der Waals surface area contributed by atoms with Crippen LogP contribution in [0.5, 0.6) is 11.5 Å². The lowest BCUT2D eigenvalue weighted by molar-refractivity contribution is -0.149. The third-order valence-electron chi connectivity index (χ3n) is 7.68. The van der Waals surface area contributed by atoms with Crippen LogP contribution in [0.2, 0.25) is 0 Å². The maximum atomic E-state index is 11.2. The van der Waals surface area contributed by atoms with E-state index in [2.05, 4.69) is 94.2 Å². The molecule has 0 N–H and O–H groups in total. The molecule has 0 bridgehead atoms. The van der Waals surface area contributed by atoms with Gasteiger partial charge in [-0.25, -0.2) is 4.79 Å². The van der Waals surface area contributed by atoms with Gasteiger partial charge in [-0.2, -0.15) is 0 Å². The monoisotopic (exact) mass is 715 g/mol. The lowest BCUT2D eigenvalue weighted by Crippen LogP contribution is -2.16. The van der Waals surface area contributed by atoms with Crippen molar-refractivity contribution in [3.63, 3.8) is 0 Å². The van der Waals surface area contributed by atoms with Crippen molar-refractivity contribution in [1.29, 1.82) is 0 Å². The van der Waals surface area contributed by atoms with E-state index in [1.54, 1.807) is 6.92 Å². The fourth-order valence-electron chi connectivity index (χ4n) is 5.37. The van der Waals surface area contributed by atoms with Gasteiger partial charge in [0.15, 0.2) is 0 Å². The molecule has 0 saturated carbocycles. The zero-order chi connectivity index (χ0) is 33.6. The Morgan fingerprint density at radius 3 is 2.08 bits per heavy atom. The minimum Gasteiger partial charge on any atom is -0.491 e. The minimum atomic E-state index is -0.370. The molecule has 1 aromatic heterocycles. The summed E-state index contributed by atoms with van der Waals surface area (Å²) in [5.74, 6) is 1.27. The molecular formula is C39H42BrNO7. The van der Waals surface area contributed by atoms with Crippen molar-refractivity contribution in [3.8, 4) is 22.8 Å². The number of rotatable bonds is 19. The number of ether oxygens (including phenoxy) is 6. The SMILES string of the molecule is CCOC(=O)COCCOCCOCCOc1ccc(Cn2c(-c3ccc(Br)cc3)c(C)c3cc(OCc4ccccc4)ccc32)cc1. The van der Waals surface area contributed by atoms with E-state index >= 15 is 0 Å². The van der Waals surface area contributed by atoms with Crippen LogP contribution in [0.3, 0.4) is 0 Å². The number of esters is 1. The maximum absolute atomic E-state index is 11.2. The van der Waals surface area contributed by atoms with E-state index in [-0.39, 0.29) is 12.6 Å². The Morgan fingerprint density at radius 2 is 1.38 bits per heavy atom. The van der Waals surface area contributed by atoms with E-state index in [1.165, 1.54) is 22.2 Å². The first-order valence-electron chi connectivity index (χ1n) is 16.2. The molecular weight excluding hydrogens is 674 g/mol. The Kier molecular flexibility index (Phi) is 13.5. The van der Waals surface area contributed by atoms with Gasteiger partial charge in [0.05, 0.1) is 45.3 Å². The van der Waals surface area contributed by atoms with E-state index in [0.29, 0.717) is 59.4 Å². The van der Waals surface area contributed by atoms with Gasteiger partial charge in [0.1, 0.15) is 31.3 Å². The molecule has 0 aliphatic carbocycles. The van der Waals surface area contributed by atoms with Gasteiger partial charge in [-0.3, -0.25) is 0 Å². The molecule has 0 saturated heterocycles. The third kappa shape index (κ3) is 10.2. The van der Waals surface area contributed by atoms with Crippen molar-refractivity contribution in [2.45, 2.75) is 27.0 Å². The molecule has 5 rings (SSSR count). The van der Waals surface area contributed by atoms with Crippen molar-refractivity contribution >= 4 is 32.8 Å². The molecule has 8 nitrogen and oxygen atoms in total. The Hall–Kier alpha value is -4.15. The second-order valence-electron chi connectivity index (χ2n) is 11.1. The summed E-state index contributed by atoms with van der Waals surface area (Å²) in [5, 5.41) is 1.17. The van der Waals surface area contributed by atoms with Gasteiger partial charge < -0.3 is 33.0 Å². The second-order valence-corrected chi connectivity index (χ2v) is 12.0. The Bertz CT molecular complexity index is 1720. The van der Waals surface area contributed by atoms with Gasteiger partial charge in [0.25, 0.3) is 0 Å². The summed E-state index contributed by atoms with van der Waals surface area (Å²) in [5.41, 5.74) is 7.02. The van der Waals surface area contributed by atoms with Crippen LogP contribution in [-0.2, 0) is 36.9 Å². The topological polar surface area (TPSA) is 77.4 Å². The molecule has 252 valence electrons. The van der Waals surface area contributed by atoms with Gasteiger partial charge in [-0.15, -0.1) is 0 Å². The predicted octanol–water partition coefficient (Wildman–Crippen LogP) is 8.00. The zero-order valence-corrected chi connectivity index (χ0v) is 29.1. The minimum absolute atomic E-state index is 0.0610. The standard InChI is InChI=1S/C39H42BrNO7/c1-3-46-38(42)28-45-22-21-43-19-20-44-23-24-47-34-15-9-30(10-16-34)26-41-37-18-17-35(48-27-31-7-5-4-6-8-31)25-36(37)29(2)39(41)32-11-13-33(40)14-12-32/h4-18,25H,3,19-24,26-28H2,1-2H3. The predicted molar refractivity (Wildman–Crippen MR) is 191 cm³/mol. The van der Waals surface area contributed by atoms with E-state index in [9.17, 15) is 4.79 Å². The smallest absolute Gasteiger partial charge is 0.332 e. The lowest BCUT2D eigenvalue weighted by atomic mass is 10.1. The number of hydrogen-bond acceptors (Lipinski definition) is 7. The highest BCUT2D eigenvalue weighted by Crippen LogP contribution is 2.36. The number of aromatic nitrogens is 1. The third-order valence-corrected chi connectivity index (χ3v) is 8.21. The molecule has 0 atom stereocenters. The van der Waals surface area contributed by atoms with Crippen LogP contribution in [0.15, 0.2) is 102 Å². The van der Waals surface area contributed by atoms with E-state index in [4.69, 9.17) is 28.4 Å². The highest BCUT2D eigenvalue weighted by molar-refractivity contribution is 9.10. The number of hydrogen-bond donors (Lipinski definition) is 0. The number of carbonyl (C=O) groups is 1. The molecule has 0 radical (unpaired) electrons. The first kappa shape index (κ1) is 35.2. The van der Waals surface area contributed by atoms with Crippen molar-refractivity contribution in [1.82, 2.24) is 4.57 Å². The molecule has 1 heterocycles. The molecule has 0 fully saturated rings. The summed E-state index contributed by atoms with van der Waals surface area (Å²) in [6.45, 7) is 7.96. The quantitative estimate of drug-likeness (QED) is 0.0634. The summed E-state index contributed by atoms with van der Waals surface area (Å²) in [6.07, 6.45) is 0. The Labute approximate surface area is 290 Å². The van der Waals surface area contributed by atoms with E-state index in [1.807, 2.05) is 30.3 Å². The van der Waals surface area contributed by atoms with Crippen LogP contribution in [0.4, 0.5) is 0 Å². The highest BCUT2D eigenvalue weighted by atomic mass is 79.9. The summed E-state index contributed by atoms with van der Waals surface area (Å²) >= 11 is 3.58. The second kappa shape index (κ2) is 18.4. The number of halogens is 1. The van der Waals surface area contributed by atoms with Crippen molar-refractivity contribution in [2.24, 2.45) is 0 Å². The van der Waals surface area contributed by atoms with Crippen molar-refractivity contribution in [2.75, 3.05) is 52.9 Å². The first-order chi connectivity index (χ1) is 23.5. The number of aryl methyl sites for hydroxylation is 1. The number of fused-ring (bicyclic) bond motifs is 1. The van der Waals surface area contributed by atoms with Gasteiger partial charge in [0, 0.05) is 21.9 Å². The van der Waals surface area contributed by atoms with Crippen LogP contribution in [0.1, 0.15) is 23.6 Å². The molecule has 0 aliphatic rings. The Morgan fingerprint density at radius 1 is 0.708 bits per heavy atom. The molecule has 0 amide bonds. The fraction of sp³-hybridized carbons (Fsp3) is 0.308. The number of nitrogens with zero attached hydrogens (tertiary/aromatic N) is 1. The number of carbonyl (C=O) groups excluding carboxylic acids is 1. The summed E-state index contributed by atoms with van der Waals surface area (Å²) in [4.78, 5) is 11.2. The van der Waals surface area contributed by atoms with Crippen LogP contribution < -0.4 is 9.47 Å². The largest absolute Gasteiger partial charge is 0.491 e. The molecule has 0 unspecified atom stereocenters. The van der Waals surface area contributed by atoms with Crippen LogP contribution in [0.25, 0.3) is 22.2 Å². The molecule has 9 heteroatoms. The van der Waals surface area contributed by atoms with Gasteiger partial charge in [-0.05, 0) is 78.6 Å². The average molecular weight is 717 g/mol. The molecule has 0 aliphatic heterocycles. The fourth-order valence-corrected chi connectivity index (χ4v) is 5.63. The zero-order valence-electron chi connectivity index (χ0n) is 27.5. The molecule has 48 heavy (non-hydrogen) atoms. The van der Waals surface area contributed by atoms with Crippen molar-refractivity contribution < 1.29 is 33.2 Å². The maximum Gasteiger partial charge on any atom is 0.332 e. The molecule has 0 spiro atoms. The van der Waals surface area contributed by atoms with Gasteiger partial charge in [-0.1, -0.05) is 70.5 Å². The van der Waals surface area contributed by atoms with Crippen LogP contribution in [0, 0.1) is 6.92 Å². The molecule has 4 aromatic carbocycles. The summed E-state index contributed by atoms with van der Waals surface area (Å²) < 4.78 is 36.6. The average Bonchev–Trinajstić information content (AvgIpc) is 3.37. The number of benzene rings is 4. The summed E-state index contributed by atoms with van der Waals surface area (Å²) in [7, 11) is 0. The van der Waals surface area contributed by atoms with E-state index in [0.717, 1.165) is 32.6 Å². The van der Waals surface area contributed by atoms with Crippen LogP contribution >= 0.6 is 15.9 Å². The highest BCUT2D eigenvalue weighted by Gasteiger charge is 2.17. The normalized spacial score (nSPS) is 11.1. The van der Waals surface area contributed by atoms with Gasteiger partial charge in [0.2, 0.25) is 0 Å². The van der Waals surface area contributed by atoms with Crippen LogP contribution in [-0.4, -0.2) is 63.4 Å². The lowest BCUT2D eigenvalue weighted by Gasteiger charge is -2.14. The molecule has 5 aromatic rings. The first-order valence-corrected chi connectivity index (χ1v) is 17.0. The van der Waals surface area contributed by atoms with Gasteiger partial charge >= 0.3 is 5.97 Å². The Balaban J connectivity index is 1.15. The van der Waals surface area contributed by atoms with Crippen molar-refractivity contribution in [3.05, 3.63) is 118 Å². The summed E-state index contributed by atoms with van der Waals surface area (Å²) in [6, 6.07) is 33.3.